The summed E-state index contributed by atoms with van der Waals surface area (Å²) in [6.45, 7) is 1.50. The quantitative estimate of drug-likeness (QED) is 0.826. The molecule has 1 rings (SSSR count). The molecule has 0 aliphatic rings. The second kappa shape index (κ2) is 6.48. The summed E-state index contributed by atoms with van der Waals surface area (Å²) < 4.78 is 9.96. The van der Waals surface area contributed by atoms with Gasteiger partial charge >= 0.3 is 12.1 Å². The van der Waals surface area contributed by atoms with Crippen molar-refractivity contribution >= 4 is 12.1 Å². The Kier molecular flexibility index (Phi) is 4.98. The van der Waals surface area contributed by atoms with E-state index < -0.39 is 18.6 Å². The highest BCUT2D eigenvalue weighted by Crippen LogP contribution is 2.18. The molecule has 0 spiro atoms. The number of carbonyl (C=O) groups excluding carboxylic acids is 1. The van der Waals surface area contributed by atoms with E-state index in [-0.39, 0.29) is 6.61 Å². The van der Waals surface area contributed by atoms with Crippen LogP contribution in [0.15, 0.2) is 18.2 Å². The van der Waals surface area contributed by atoms with E-state index in [2.05, 4.69) is 5.32 Å². The van der Waals surface area contributed by atoms with Crippen LogP contribution in [0.1, 0.15) is 11.1 Å². The molecule has 6 heteroatoms. The van der Waals surface area contributed by atoms with E-state index in [0.29, 0.717) is 0 Å². The molecule has 1 aromatic carbocycles. The van der Waals surface area contributed by atoms with E-state index in [0.717, 1.165) is 16.9 Å². The number of hydrogen-bond acceptors (Lipinski definition) is 4. The molecule has 6 nitrogen and oxygen atoms in total. The van der Waals surface area contributed by atoms with Crippen LogP contribution >= 0.6 is 0 Å². The molecule has 0 saturated heterocycles. The van der Waals surface area contributed by atoms with Gasteiger partial charge in [-0.05, 0) is 30.2 Å². The normalized spacial score (nSPS) is 9.67. The van der Waals surface area contributed by atoms with Crippen LogP contribution in [-0.2, 0) is 16.1 Å². The summed E-state index contributed by atoms with van der Waals surface area (Å²) in [7, 11) is 1.58. The van der Waals surface area contributed by atoms with Crippen LogP contribution in [0.3, 0.4) is 0 Å². The molecule has 0 fully saturated rings. The first kappa shape index (κ1) is 13.8. The lowest BCUT2D eigenvalue weighted by molar-refractivity contribution is -0.135. The van der Waals surface area contributed by atoms with Crippen molar-refractivity contribution in [1.29, 1.82) is 0 Å². The van der Waals surface area contributed by atoms with E-state index in [4.69, 9.17) is 14.6 Å². The van der Waals surface area contributed by atoms with Crippen LogP contribution in [0.4, 0.5) is 4.79 Å². The number of aliphatic carboxylic acids is 1. The van der Waals surface area contributed by atoms with Crippen LogP contribution in [0.5, 0.6) is 5.75 Å². The Morgan fingerprint density at radius 2 is 2.11 bits per heavy atom. The third kappa shape index (κ3) is 4.32. The first-order chi connectivity index (χ1) is 8.52. The molecule has 1 aromatic rings. The Bertz CT molecular complexity index is 444. The Morgan fingerprint density at radius 1 is 1.39 bits per heavy atom. The minimum Gasteiger partial charge on any atom is -0.496 e. The lowest BCUT2D eigenvalue weighted by Gasteiger charge is -2.08. The highest BCUT2D eigenvalue weighted by molar-refractivity contribution is 5.76. The van der Waals surface area contributed by atoms with Crippen molar-refractivity contribution in [3.8, 4) is 5.75 Å². The molecule has 0 atom stereocenters. The highest BCUT2D eigenvalue weighted by atomic mass is 16.5. The maximum Gasteiger partial charge on any atom is 0.407 e. The van der Waals surface area contributed by atoms with E-state index in [1.807, 2.05) is 13.0 Å². The van der Waals surface area contributed by atoms with Crippen molar-refractivity contribution in [2.45, 2.75) is 13.5 Å². The van der Waals surface area contributed by atoms with Crippen molar-refractivity contribution in [1.82, 2.24) is 5.32 Å². The number of nitrogens with one attached hydrogen (secondary N) is 1. The molecule has 0 bridgehead atoms. The number of carboxylic acid groups (broad SMARTS) is 1. The minimum atomic E-state index is -1.12. The fourth-order valence-electron chi connectivity index (χ4n) is 1.38. The monoisotopic (exact) mass is 253 g/mol. The highest BCUT2D eigenvalue weighted by Gasteiger charge is 2.06. The number of benzene rings is 1. The van der Waals surface area contributed by atoms with Gasteiger partial charge in [0, 0.05) is 0 Å². The SMILES string of the molecule is COc1ccc(COC(=O)NCC(=O)O)cc1C. The summed E-state index contributed by atoms with van der Waals surface area (Å²) >= 11 is 0. The van der Waals surface area contributed by atoms with Gasteiger partial charge in [-0.15, -0.1) is 0 Å². The number of alkyl carbamates (subject to hydrolysis) is 1. The first-order valence-corrected chi connectivity index (χ1v) is 5.29. The molecule has 2 N–H and O–H groups in total. The van der Waals surface area contributed by atoms with Gasteiger partial charge in [0.05, 0.1) is 7.11 Å². The Balaban J connectivity index is 2.46. The zero-order valence-corrected chi connectivity index (χ0v) is 10.2. The fraction of sp³-hybridized carbons (Fsp3) is 0.333. The van der Waals surface area contributed by atoms with Crippen molar-refractivity contribution in [2.24, 2.45) is 0 Å². The molecular formula is C12H15NO5. The van der Waals surface area contributed by atoms with Crippen molar-refractivity contribution in [3.05, 3.63) is 29.3 Å². The van der Waals surface area contributed by atoms with Gasteiger partial charge in [-0.3, -0.25) is 4.79 Å². The third-order valence-corrected chi connectivity index (χ3v) is 2.21. The summed E-state index contributed by atoms with van der Waals surface area (Å²) in [4.78, 5) is 21.3. The van der Waals surface area contributed by atoms with Gasteiger partial charge in [0.25, 0.3) is 0 Å². The smallest absolute Gasteiger partial charge is 0.407 e. The Labute approximate surface area is 105 Å². The van der Waals surface area contributed by atoms with Crippen molar-refractivity contribution in [2.75, 3.05) is 13.7 Å². The number of carbonyl (C=O) groups is 2. The molecule has 1 amide bonds. The molecule has 0 heterocycles. The zero-order chi connectivity index (χ0) is 13.5. The van der Waals surface area contributed by atoms with E-state index in [1.54, 1.807) is 19.2 Å². The van der Waals surface area contributed by atoms with Crippen molar-refractivity contribution < 1.29 is 24.2 Å². The predicted octanol–water partition coefficient (Wildman–Crippen LogP) is 1.31. The maximum atomic E-state index is 11.1. The lowest BCUT2D eigenvalue weighted by atomic mass is 10.1. The van der Waals surface area contributed by atoms with Gasteiger partial charge in [0.1, 0.15) is 18.9 Å². The van der Waals surface area contributed by atoms with Gasteiger partial charge < -0.3 is 19.9 Å². The standard InChI is InChI=1S/C12H15NO5/c1-8-5-9(3-4-10(8)17-2)7-18-12(16)13-6-11(14)15/h3-5H,6-7H2,1-2H3,(H,13,16)(H,14,15). The maximum absolute atomic E-state index is 11.1. The Morgan fingerprint density at radius 3 is 2.67 bits per heavy atom. The van der Waals surface area contributed by atoms with Crippen LogP contribution in [0.25, 0.3) is 0 Å². The average Bonchev–Trinajstić information content (AvgIpc) is 2.34. The lowest BCUT2D eigenvalue weighted by Crippen LogP contribution is -2.29. The molecule has 0 aromatic heterocycles. The average molecular weight is 253 g/mol. The number of rotatable bonds is 5. The summed E-state index contributed by atoms with van der Waals surface area (Å²) in [5.74, 6) is -0.360. The molecule has 0 aliphatic carbocycles. The van der Waals surface area contributed by atoms with E-state index in [1.165, 1.54) is 0 Å². The van der Waals surface area contributed by atoms with Gasteiger partial charge in [0.15, 0.2) is 0 Å². The number of carboxylic acids is 1. The molecule has 18 heavy (non-hydrogen) atoms. The van der Waals surface area contributed by atoms with Crippen LogP contribution in [-0.4, -0.2) is 30.8 Å². The summed E-state index contributed by atoms with van der Waals surface area (Å²) in [6.07, 6.45) is -0.758. The molecule has 0 unspecified atom stereocenters. The molecule has 0 saturated carbocycles. The summed E-state index contributed by atoms with van der Waals surface area (Å²) in [5.41, 5.74) is 1.74. The van der Waals surface area contributed by atoms with Gasteiger partial charge in [-0.1, -0.05) is 6.07 Å². The first-order valence-electron chi connectivity index (χ1n) is 5.29. The van der Waals surface area contributed by atoms with Crippen LogP contribution in [0.2, 0.25) is 0 Å². The topological polar surface area (TPSA) is 84.9 Å². The second-order valence-corrected chi connectivity index (χ2v) is 3.63. The molecule has 0 aliphatic heterocycles. The second-order valence-electron chi connectivity index (χ2n) is 3.63. The summed E-state index contributed by atoms with van der Waals surface area (Å²) in [5, 5.41) is 10.5. The van der Waals surface area contributed by atoms with Gasteiger partial charge in [-0.2, -0.15) is 0 Å². The Hall–Kier alpha value is -2.24. The van der Waals surface area contributed by atoms with Gasteiger partial charge in [0.2, 0.25) is 0 Å². The van der Waals surface area contributed by atoms with Gasteiger partial charge in [-0.25, -0.2) is 4.79 Å². The third-order valence-electron chi connectivity index (χ3n) is 2.21. The number of ether oxygens (including phenoxy) is 2. The minimum absolute atomic E-state index is 0.0796. The molecule has 0 radical (unpaired) electrons. The number of amides is 1. The summed E-state index contributed by atoms with van der Waals surface area (Å²) in [6, 6.07) is 5.39. The largest absolute Gasteiger partial charge is 0.496 e. The number of hydrogen-bond donors (Lipinski definition) is 2. The van der Waals surface area contributed by atoms with Crippen molar-refractivity contribution in [3.63, 3.8) is 0 Å². The predicted molar refractivity (Wildman–Crippen MR) is 63.6 cm³/mol. The van der Waals surface area contributed by atoms with E-state index in [9.17, 15) is 9.59 Å². The fourth-order valence-corrected chi connectivity index (χ4v) is 1.38. The van der Waals surface area contributed by atoms with Crippen LogP contribution < -0.4 is 10.1 Å². The number of aryl methyl sites for hydroxylation is 1. The molecular weight excluding hydrogens is 238 g/mol. The van der Waals surface area contributed by atoms with E-state index >= 15 is 0 Å². The molecule has 98 valence electrons. The number of methoxy groups -OCH3 is 1. The van der Waals surface area contributed by atoms with Crippen LogP contribution in [0, 0.1) is 6.92 Å². The zero-order valence-electron chi connectivity index (χ0n) is 10.2.